The quantitative estimate of drug-likeness (QED) is 0.808. The van der Waals surface area contributed by atoms with Gasteiger partial charge in [-0.3, -0.25) is 9.59 Å². The van der Waals surface area contributed by atoms with Crippen LogP contribution in [0.2, 0.25) is 0 Å². The van der Waals surface area contributed by atoms with E-state index in [0.717, 1.165) is 12.0 Å². The maximum absolute atomic E-state index is 13.4. The summed E-state index contributed by atoms with van der Waals surface area (Å²) in [6, 6.07) is 13.5. The Bertz CT molecular complexity index is 821. The normalized spacial score (nSPS) is 19.7. The number of carbonyl (C=O) groups excluding carboxylic acids is 2. The molecule has 5 heteroatoms. The summed E-state index contributed by atoms with van der Waals surface area (Å²) in [5.41, 5.74) is 2.61. The van der Waals surface area contributed by atoms with Crippen molar-refractivity contribution in [2.24, 2.45) is 0 Å². The first-order valence-corrected chi connectivity index (χ1v) is 8.05. The molecule has 2 aromatic rings. The summed E-state index contributed by atoms with van der Waals surface area (Å²) < 4.78 is 13.4. The number of piperazine rings is 1. The molecule has 0 aromatic heterocycles. The number of benzene rings is 2. The Hall–Kier alpha value is -2.69. The predicted octanol–water partition coefficient (Wildman–Crippen LogP) is 2.41. The molecule has 1 fully saturated rings. The standard InChI is InChI=1S/C19H17FN2O2/c20-15-6-3-5-14(10-15)19(24)21-11-17-16-7-2-1-4-13(16)8-9-22(17)18(23)12-21/h1-7,10,17H,8-9,11-12H2. The van der Waals surface area contributed by atoms with Crippen LogP contribution in [0.15, 0.2) is 48.5 Å². The third kappa shape index (κ3) is 2.46. The van der Waals surface area contributed by atoms with Crippen LogP contribution in [-0.4, -0.2) is 41.2 Å². The van der Waals surface area contributed by atoms with Crippen LogP contribution in [0.1, 0.15) is 27.5 Å². The Morgan fingerprint density at radius 2 is 1.96 bits per heavy atom. The summed E-state index contributed by atoms with van der Waals surface area (Å²) in [5, 5.41) is 0. The number of rotatable bonds is 1. The molecule has 0 bridgehead atoms. The van der Waals surface area contributed by atoms with Gasteiger partial charge in [-0.05, 0) is 35.7 Å². The lowest BCUT2D eigenvalue weighted by Gasteiger charge is -2.44. The fraction of sp³-hybridized carbons (Fsp3) is 0.263. The van der Waals surface area contributed by atoms with Gasteiger partial charge in [0.25, 0.3) is 5.91 Å². The van der Waals surface area contributed by atoms with Crippen LogP contribution in [-0.2, 0) is 11.2 Å². The van der Waals surface area contributed by atoms with Crippen molar-refractivity contribution in [1.29, 1.82) is 0 Å². The minimum Gasteiger partial charge on any atom is -0.332 e. The Kier molecular flexibility index (Phi) is 3.56. The number of hydrogen-bond acceptors (Lipinski definition) is 2. The minimum absolute atomic E-state index is 0.0496. The van der Waals surface area contributed by atoms with Crippen molar-refractivity contribution < 1.29 is 14.0 Å². The molecule has 2 aliphatic rings. The minimum atomic E-state index is -0.450. The molecular formula is C19H17FN2O2. The van der Waals surface area contributed by atoms with Gasteiger partial charge in [0.05, 0.1) is 6.04 Å². The third-order valence-corrected chi connectivity index (χ3v) is 4.81. The lowest BCUT2D eigenvalue weighted by molar-refractivity contribution is -0.139. The van der Waals surface area contributed by atoms with E-state index in [1.54, 1.807) is 6.07 Å². The highest BCUT2D eigenvalue weighted by Crippen LogP contribution is 2.33. The zero-order chi connectivity index (χ0) is 16.7. The molecule has 24 heavy (non-hydrogen) atoms. The maximum atomic E-state index is 13.4. The van der Waals surface area contributed by atoms with Gasteiger partial charge in [-0.1, -0.05) is 30.3 Å². The summed E-state index contributed by atoms with van der Waals surface area (Å²) in [6.07, 6.45) is 0.844. The summed E-state index contributed by atoms with van der Waals surface area (Å²) >= 11 is 0. The molecule has 122 valence electrons. The number of fused-ring (bicyclic) bond motifs is 3. The van der Waals surface area contributed by atoms with Crippen LogP contribution in [0.4, 0.5) is 4.39 Å². The highest BCUT2D eigenvalue weighted by Gasteiger charge is 2.38. The van der Waals surface area contributed by atoms with Crippen LogP contribution in [0.5, 0.6) is 0 Å². The van der Waals surface area contributed by atoms with E-state index >= 15 is 0 Å². The predicted molar refractivity (Wildman–Crippen MR) is 86.9 cm³/mol. The van der Waals surface area contributed by atoms with Crippen LogP contribution in [0.3, 0.4) is 0 Å². The summed E-state index contributed by atoms with van der Waals surface area (Å²) in [4.78, 5) is 28.6. The summed E-state index contributed by atoms with van der Waals surface area (Å²) in [5.74, 6) is -0.801. The van der Waals surface area contributed by atoms with Gasteiger partial charge in [-0.15, -0.1) is 0 Å². The number of halogens is 1. The summed E-state index contributed by atoms with van der Waals surface area (Å²) in [7, 11) is 0. The van der Waals surface area contributed by atoms with E-state index in [9.17, 15) is 14.0 Å². The van der Waals surface area contributed by atoms with Gasteiger partial charge in [0, 0.05) is 18.7 Å². The maximum Gasteiger partial charge on any atom is 0.254 e. The van der Waals surface area contributed by atoms with Gasteiger partial charge < -0.3 is 9.80 Å². The number of carbonyl (C=O) groups is 2. The average molecular weight is 324 g/mol. The topological polar surface area (TPSA) is 40.6 Å². The average Bonchev–Trinajstić information content (AvgIpc) is 2.61. The molecule has 0 saturated carbocycles. The first-order chi connectivity index (χ1) is 11.6. The first kappa shape index (κ1) is 14.9. The van der Waals surface area contributed by atoms with Crippen LogP contribution < -0.4 is 0 Å². The van der Waals surface area contributed by atoms with Crippen LogP contribution in [0, 0.1) is 5.82 Å². The van der Waals surface area contributed by atoms with Gasteiger partial charge in [-0.2, -0.15) is 0 Å². The van der Waals surface area contributed by atoms with Gasteiger partial charge in [0.15, 0.2) is 0 Å². The molecule has 1 saturated heterocycles. The monoisotopic (exact) mass is 324 g/mol. The highest BCUT2D eigenvalue weighted by atomic mass is 19.1. The van der Waals surface area contributed by atoms with Gasteiger partial charge >= 0.3 is 0 Å². The van der Waals surface area contributed by atoms with Crippen molar-refractivity contribution in [1.82, 2.24) is 9.80 Å². The number of nitrogens with zero attached hydrogens (tertiary/aromatic N) is 2. The van der Waals surface area contributed by atoms with Crippen molar-refractivity contribution in [3.05, 3.63) is 71.0 Å². The molecule has 0 N–H and O–H groups in total. The lowest BCUT2D eigenvalue weighted by atomic mass is 9.90. The second-order valence-electron chi connectivity index (χ2n) is 6.25. The smallest absolute Gasteiger partial charge is 0.254 e. The lowest BCUT2D eigenvalue weighted by Crippen LogP contribution is -2.55. The number of hydrogen-bond donors (Lipinski definition) is 0. The van der Waals surface area contributed by atoms with Crippen molar-refractivity contribution in [3.8, 4) is 0 Å². The van der Waals surface area contributed by atoms with E-state index in [1.807, 2.05) is 23.1 Å². The molecular weight excluding hydrogens is 307 g/mol. The number of amides is 2. The molecule has 0 radical (unpaired) electrons. The Morgan fingerprint density at radius 3 is 2.79 bits per heavy atom. The van der Waals surface area contributed by atoms with Gasteiger partial charge in [0.1, 0.15) is 12.4 Å². The molecule has 2 amide bonds. The molecule has 1 unspecified atom stereocenters. The van der Waals surface area contributed by atoms with Crippen LogP contribution in [0.25, 0.3) is 0 Å². The van der Waals surface area contributed by atoms with Gasteiger partial charge in [-0.25, -0.2) is 4.39 Å². The summed E-state index contributed by atoms with van der Waals surface area (Å²) in [6.45, 7) is 1.18. The fourth-order valence-corrected chi connectivity index (χ4v) is 3.63. The SMILES string of the molecule is O=C(c1cccc(F)c1)N1CC(=O)N2CCc3ccccc3C2C1. The first-order valence-electron chi connectivity index (χ1n) is 8.05. The van der Waals surface area contributed by atoms with E-state index in [-0.39, 0.29) is 30.0 Å². The molecule has 4 rings (SSSR count). The molecule has 2 aromatic carbocycles. The van der Waals surface area contributed by atoms with E-state index in [1.165, 1.54) is 28.7 Å². The highest BCUT2D eigenvalue weighted by molar-refractivity contribution is 5.97. The Balaban J connectivity index is 1.65. The van der Waals surface area contributed by atoms with E-state index < -0.39 is 5.82 Å². The Morgan fingerprint density at radius 1 is 1.12 bits per heavy atom. The van der Waals surface area contributed by atoms with E-state index in [2.05, 4.69) is 6.07 Å². The van der Waals surface area contributed by atoms with Crippen LogP contribution >= 0.6 is 0 Å². The zero-order valence-electron chi connectivity index (χ0n) is 13.1. The van der Waals surface area contributed by atoms with Crippen molar-refractivity contribution in [2.45, 2.75) is 12.5 Å². The van der Waals surface area contributed by atoms with Crippen molar-refractivity contribution >= 4 is 11.8 Å². The molecule has 4 nitrogen and oxygen atoms in total. The van der Waals surface area contributed by atoms with E-state index in [0.29, 0.717) is 13.1 Å². The molecule has 1 atom stereocenters. The van der Waals surface area contributed by atoms with Gasteiger partial charge in [0.2, 0.25) is 5.91 Å². The molecule has 0 spiro atoms. The second-order valence-corrected chi connectivity index (χ2v) is 6.25. The molecule has 0 aliphatic carbocycles. The third-order valence-electron chi connectivity index (χ3n) is 4.81. The van der Waals surface area contributed by atoms with E-state index in [4.69, 9.17) is 0 Å². The zero-order valence-corrected chi connectivity index (χ0v) is 13.1. The fourth-order valence-electron chi connectivity index (χ4n) is 3.63. The van der Waals surface area contributed by atoms with Crippen molar-refractivity contribution in [2.75, 3.05) is 19.6 Å². The molecule has 2 aliphatic heterocycles. The molecule has 2 heterocycles. The Labute approximate surface area is 139 Å². The largest absolute Gasteiger partial charge is 0.332 e. The second kappa shape index (κ2) is 5.74. The van der Waals surface area contributed by atoms with Crippen molar-refractivity contribution in [3.63, 3.8) is 0 Å².